The van der Waals surface area contributed by atoms with Crippen molar-refractivity contribution in [3.63, 3.8) is 0 Å². The summed E-state index contributed by atoms with van der Waals surface area (Å²) in [6, 6.07) is 10.1. The van der Waals surface area contributed by atoms with Crippen molar-refractivity contribution in [2.75, 3.05) is 0 Å². The zero-order valence-electron chi connectivity index (χ0n) is 13.1. The largest absolute Gasteiger partial charge is 0.390 e. The summed E-state index contributed by atoms with van der Waals surface area (Å²) < 4.78 is 0. The first-order valence-electron chi connectivity index (χ1n) is 7.25. The molecule has 0 fully saturated rings. The number of rotatable bonds is 8. The van der Waals surface area contributed by atoms with Gasteiger partial charge in [-0.15, -0.1) is 10.1 Å². The first kappa shape index (κ1) is 18.7. The van der Waals surface area contributed by atoms with E-state index in [0.29, 0.717) is 5.56 Å². The highest BCUT2D eigenvalue weighted by Crippen LogP contribution is 2.26. The number of aliphatic hydroxyl groups excluding tert-OH is 1. The summed E-state index contributed by atoms with van der Waals surface area (Å²) in [5.41, 5.74) is 0.346. The van der Waals surface area contributed by atoms with Gasteiger partial charge in [-0.05, 0) is 23.3 Å². The van der Waals surface area contributed by atoms with E-state index in [4.69, 9.17) is 0 Å². The lowest BCUT2D eigenvalue weighted by Crippen LogP contribution is -2.25. The van der Waals surface area contributed by atoms with E-state index in [2.05, 4.69) is 4.84 Å². The average Bonchev–Trinajstić information content (AvgIpc) is 2.60. The Morgan fingerprint density at radius 2 is 1.31 bits per heavy atom. The third-order valence-electron chi connectivity index (χ3n) is 3.57. The summed E-state index contributed by atoms with van der Waals surface area (Å²) in [7, 11) is 0. The number of benzene rings is 2. The Morgan fingerprint density at radius 1 is 0.846 bits per heavy atom. The Hall–Kier alpha value is -3.60. The highest BCUT2D eigenvalue weighted by atomic mass is 17.0. The molecule has 2 rings (SSSR count). The van der Waals surface area contributed by atoms with Gasteiger partial charge in [0.1, 0.15) is 0 Å². The van der Waals surface area contributed by atoms with Gasteiger partial charge >= 0.3 is 0 Å². The van der Waals surface area contributed by atoms with Crippen LogP contribution in [0, 0.1) is 30.3 Å². The molecule has 0 aromatic heterocycles. The van der Waals surface area contributed by atoms with Gasteiger partial charge in [0.2, 0.25) is 0 Å². The molecule has 0 heterocycles. The number of hydrogen-bond donors (Lipinski definition) is 1. The Bertz CT molecular complexity index is 807. The van der Waals surface area contributed by atoms with E-state index in [0.717, 1.165) is 12.1 Å². The quantitative estimate of drug-likeness (QED) is 0.552. The molecule has 0 aliphatic heterocycles. The van der Waals surface area contributed by atoms with Crippen LogP contribution >= 0.6 is 0 Å². The summed E-state index contributed by atoms with van der Waals surface area (Å²) in [5.74, 6) is 0. The molecule has 11 heteroatoms. The molecule has 2 atom stereocenters. The van der Waals surface area contributed by atoms with Gasteiger partial charge < -0.3 is 9.94 Å². The van der Waals surface area contributed by atoms with Crippen LogP contribution in [0.15, 0.2) is 48.5 Å². The summed E-state index contributed by atoms with van der Waals surface area (Å²) in [4.78, 5) is 35.4. The molecule has 2 unspecified atom stereocenters. The molecule has 0 aliphatic rings. The first-order valence-corrected chi connectivity index (χ1v) is 7.25. The Balaban J connectivity index is 2.20. The fourth-order valence-corrected chi connectivity index (χ4v) is 2.33. The molecule has 2 aromatic carbocycles. The fourth-order valence-electron chi connectivity index (χ4n) is 2.33. The summed E-state index contributed by atoms with van der Waals surface area (Å²) in [6.07, 6.45) is -2.81. The second-order valence-corrected chi connectivity index (χ2v) is 5.29. The number of aliphatic hydroxyl groups is 1. The Morgan fingerprint density at radius 3 is 1.73 bits per heavy atom. The van der Waals surface area contributed by atoms with Crippen LogP contribution in [0.2, 0.25) is 0 Å². The van der Waals surface area contributed by atoms with E-state index in [1.807, 2.05) is 0 Å². The van der Waals surface area contributed by atoms with Crippen molar-refractivity contribution in [1.29, 1.82) is 0 Å². The molecular weight excluding hydrogens is 350 g/mol. The molecule has 0 aliphatic carbocycles. The summed E-state index contributed by atoms with van der Waals surface area (Å²) in [6.45, 7) is 0. The van der Waals surface area contributed by atoms with Gasteiger partial charge in [-0.1, -0.05) is 12.1 Å². The molecule has 1 N–H and O–H groups in total. The van der Waals surface area contributed by atoms with Gasteiger partial charge in [0.05, 0.1) is 16.0 Å². The maximum Gasteiger partial charge on any atom is 0.295 e. The van der Waals surface area contributed by atoms with Gasteiger partial charge in [-0.3, -0.25) is 20.2 Å². The lowest BCUT2D eigenvalue weighted by Gasteiger charge is -2.21. The second kappa shape index (κ2) is 7.98. The zero-order valence-corrected chi connectivity index (χ0v) is 13.1. The van der Waals surface area contributed by atoms with E-state index in [1.165, 1.54) is 36.4 Å². The third-order valence-corrected chi connectivity index (χ3v) is 3.57. The minimum atomic E-state index is -1.37. The normalized spacial score (nSPS) is 12.8. The van der Waals surface area contributed by atoms with Crippen molar-refractivity contribution in [2.45, 2.75) is 18.6 Å². The van der Waals surface area contributed by atoms with Gasteiger partial charge in [0, 0.05) is 30.7 Å². The van der Waals surface area contributed by atoms with E-state index >= 15 is 0 Å². The van der Waals surface area contributed by atoms with Crippen LogP contribution in [0.3, 0.4) is 0 Å². The van der Waals surface area contributed by atoms with Crippen LogP contribution in [0.4, 0.5) is 11.4 Å². The molecule has 0 amide bonds. The highest BCUT2D eigenvalue weighted by Gasteiger charge is 2.26. The molecule has 0 saturated heterocycles. The lowest BCUT2D eigenvalue weighted by atomic mass is 9.98. The monoisotopic (exact) mass is 363 g/mol. The number of nitrogens with zero attached hydrogens (tertiary/aromatic N) is 3. The van der Waals surface area contributed by atoms with Crippen LogP contribution in [0.1, 0.15) is 17.2 Å². The number of non-ortho nitro benzene ring substituents is 2. The van der Waals surface area contributed by atoms with Crippen LogP contribution in [0.5, 0.6) is 0 Å². The summed E-state index contributed by atoms with van der Waals surface area (Å²) >= 11 is 0. The predicted octanol–water partition coefficient (Wildman–Crippen LogP) is 2.36. The van der Waals surface area contributed by atoms with Gasteiger partial charge in [0.15, 0.2) is 6.10 Å². The Labute approximate surface area is 145 Å². The maximum absolute atomic E-state index is 10.7. The lowest BCUT2D eigenvalue weighted by molar-refractivity contribution is -0.773. The van der Waals surface area contributed by atoms with Gasteiger partial charge in [-0.25, -0.2) is 0 Å². The minimum absolute atomic E-state index is 0.0759. The van der Waals surface area contributed by atoms with Crippen LogP contribution in [-0.4, -0.2) is 26.1 Å². The van der Waals surface area contributed by atoms with Crippen LogP contribution < -0.4 is 0 Å². The second-order valence-electron chi connectivity index (χ2n) is 5.29. The third kappa shape index (κ3) is 4.70. The molecular formula is C15H13N3O8. The molecule has 0 spiro atoms. The predicted molar refractivity (Wildman–Crippen MR) is 86.7 cm³/mol. The van der Waals surface area contributed by atoms with Crippen molar-refractivity contribution < 1.29 is 24.9 Å². The van der Waals surface area contributed by atoms with E-state index in [9.17, 15) is 35.4 Å². The standard InChI is InChI=1S/C15H13N3O8/c19-14(9-10-1-5-12(6-2-10)16(20)21)15(26-18(24)25)11-3-7-13(8-4-11)17(22)23/h1-8,14-15,19H,9H2. The molecule has 0 bridgehead atoms. The summed E-state index contributed by atoms with van der Waals surface area (Å²) in [5, 5.41) is 41.3. The smallest absolute Gasteiger partial charge is 0.295 e. The minimum Gasteiger partial charge on any atom is -0.390 e. The molecule has 26 heavy (non-hydrogen) atoms. The number of hydrogen-bond acceptors (Lipinski definition) is 8. The Kier molecular flexibility index (Phi) is 5.75. The number of nitro benzene ring substituents is 2. The molecule has 0 radical (unpaired) electrons. The van der Waals surface area contributed by atoms with Gasteiger partial charge in [-0.2, -0.15) is 0 Å². The van der Waals surface area contributed by atoms with Crippen molar-refractivity contribution in [2.24, 2.45) is 0 Å². The molecule has 2 aromatic rings. The van der Waals surface area contributed by atoms with Crippen molar-refractivity contribution in [1.82, 2.24) is 0 Å². The SMILES string of the molecule is O=[N+]([O-])OC(c1ccc([N+](=O)[O-])cc1)C(O)Cc1ccc([N+](=O)[O-])cc1. The molecule has 136 valence electrons. The first-order chi connectivity index (χ1) is 12.3. The molecule has 11 nitrogen and oxygen atoms in total. The van der Waals surface area contributed by atoms with Gasteiger partial charge in [0.25, 0.3) is 16.5 Å². The van der Waals surface area contributed by atoms with Crippen molar-refractivity contribution in [3.8, 4) is 0 Å². The van der Waals surface area contributed by atoms with E-state index in [1.54, 1.807) is 0 Å². The molecule has 0 saturated carbocycles. The topological polar surface area (TPSA) is 159 Å². The van der Waals surface area contributed by atoms with E-state index in [-0.39, 0.29) is 23.4 Å². The maximum atomic E-state index is 10.7. The van der Waals surface area contributed by atoms with Crippen molar-refractivity contribution >= 4 is 11.4 Å². The highest BCUT2D eigenvalue weighted by molar-refractivity contribution is 5.35. The average molecular weight is 363 g/mol. The fraction of sp³-hybridized carbons (Fsp3) is 0.200. The number of nitro groups is 2. The van der Waals surface area contributed by atoms with E-state index < -0.39 is 27.1 Å². The van der Waals surface area contributed by atoms with Crippen molar-refractivity contribution in [3.05, 3.63) is 90.0 Å². The van der Waals surface area contributed by atoms with Crippen LogP contribution in [0.25, 0.3) is 0 Å². The van der Waals surface area contributed by atoms with Crippen LogP contribution in [-0.2, 0) is 11.3 Å². The zero-order chi connectivity index (χ0) is 19.3.